The van der Waals surface area contributed by atoms with E-state index in [1.807, 2.05) is 6.20 Å². The minimum absolute atomic E-state index is 0.305. The van der Waals surface area contributed by atoms with Crippen molar-refractivity contribution in [2.45, 2.75) is 58.4 Å². The number of aromatic nitrogens is 2. The SMILES string of the molecule is CCCCCCCCNC(C)c1cnccn1. The Hall–Kier alpha value is -0.960. The zero-order chi connectivity index (χ0) is 12.3. The first-order valence-electron chi connectivity index (χ1n) is 6.84. The molecule has 0 saturated carbocycles. The summed E-state index contributed by atoms with van der Waals surface area (Å²) in [5, 5.41) is 3.49. The van der Waals surface area contributed by atoms with Crippen molar-refractivity contribution in [2.75, 3.05) is 6.54 Å². The fourth-order valence-electron chi connectivity index (χ4n) is 1.86. The van der Waals surface area contributed by atoms with Crippen molar-refractivity contribution in [1.29, 1.82) is 0 Å². The molecule has 1 unspecified atom stereocenters. The summed E-state index contributed by atoms with van der Waals surface area (Å²) in [6, 6.07) is 0.305. The van der Waals surface area contributed by atoms with Crippen LogP contribution in [0.15, 0.2) is 18.6 Å². The number of hydrogen-bond donors (Lipinski definition) is 1. The van der Waals surface area contributed by atoms with Gasteiger partial charge in [0.25, 0.3) is 0 Å². The molecule has 0 aliphatic carbocycles. The monoisotopic (exact) mass is 235 g/mol. The molecule has 0 amide bonds. The van der Waals surface area contributed by atoms with Gasteiger partial charge in [0.15, 0.2) is 0 Å². The van der Waals surface area contributed by atoms with Gasteiger partial charge in [-0.3, -0.25) is 9.97 Å². The molecule has 96 valence electrons. The van der Waals surface area contributed by atoms with Crippen LogP contribution in [0.1, 0.15) is 64.1 Å². The molecule has 0 saturated heterocycles. The second-order valence-corrected chi connectivity index (χ2v) is 4.57. The van der Waals surface area contributed by atoms with Gasteiger partial charge in [0.05, 0.1) is 5.69 Å². The van der Waals surface area contributed by atoms with Crippen LogP contribution in [0.2, 0.25) is 0 Å². The molecular weight excluding hydrogens is 210 g/mol. The summed E-state index contributed by atoms with van der Waals surface area (Å²) in [6.45, 7) is 5.47. The molecule has 0 fully saturated rings. The highest BCUT2D eigenvalue weighted by atomic mass is 14.9. The lowest BCUT2D eigenvalue weighted by Gasteiger charge is -2.12. The number of rotatable bonds is 9. The summed E-state index contributed by atoms with van der Waals surface area (Å²) < 4.78 is 0. The molecule has 0 radical (unpaired) electrons. The van der Waals surface area contributed by atoms with Crippen molar-refractivity contribution in [3.05, 3.63) is 24.3 Å². The molecule has 17 heavy (non-hydrogen) atoms. The average Bonchev–Trinajstić information content (AvgIpc) is 2.38. The third-order valence-electron chi connectivity index (χ3n) is 3.01. The maximum Gasteiger partial charge on any atom is 0.0753 e. The van der Waals surface area contributed by atoms with Crippen LogP contribution in [0.3, 0.4) is 0 Å². The van der Waals surface area contributed by atoms with Gasteiger partial charge in [-0.15, -0.1) is 0 Å². The molecule has 1 heterocycles. The molecule has 0 spiro atoms. The van der Waals surface area contributed by atoms with Crippen LogP contribution in [0.25, 0.3) is 0 Å². The molecule has 1 rings (SSSR count). The van der Waals surface area contributed by atoms with E-state index in [9.17, 15) is 0 Å². The first-order valence-corrected chi connectivity index (χ1v) is 6.84. The Balaban J connectivity index is 2.03. The van der Waals surface area contributed by atoms with Crippen molar-refractivity contribution < 1.29 is 0 Å². The summed E-state index contributed by atoms with van der Waals surface area (Å²) >= 11 is 0. The maximum absolute atomic E-state index is 4.29. The van der Waals surface area contributed by atoms with E-state index in [1.54, 1.807) is 12.4 Å². The molecule has 3 heteroatoms. The van der Waals surface area contributed by atoms with Gasteiger partial charge < -0.3 is 5.32 Å². The number of nitrogens with one attached hydrogen (secondary N) is 1. The minimum atomic E-state index is 0.305. The highest BCUT2D eigenvalue weighted by Crippen LogP contribution is 2.08. The average molecular weight is 235 g/mol. The molecule has 3 nitrogen and oxygen atoms in total. The van der Waals surface area contributed by atoms with E-state index < -0.39 is 0 Å². The summed E-state index contributed by atoms with van der Waals surface area (Å²) in [5.41, 5.74) is 1.03. The predicted octanol–water partition coefficient (Wildman–Crippen LogP) is 3.49. The van der Waals surface area contributed by atoms with E-state index in [-0.39, 0.29) is 0 Å². The van der Waals surface area contributed by atoms with Gasteiger partial charge in [-0.05, 0) is 19.9 Å². The number of unbranched alkanes of at least 4 members (excludes halogenated alkanes) is 5. The minimum Gasteiger partial charge on any atom is -0.309 e. The van der Waals surface area contributed by atoms with Crippen LogP contribution in [0.5, 0.6) is 0 Å². The quantitative estimate of drug-likeness (QED) is 0.666. The standard InChI is InChI=1S/C14H25N3/c1-3-4-5-6-7-8-9-16-13(2)14-12-15-10-11-17-14/h10-13,16H,3-9H2,1-2H3. The molecule has 0 aliphatic heterocycles. The summed E-state index contributed by atoms with van der Waals surface area (Å²) in [5.74, 6) is 0. The van der Waals surface area contributed by atoms with Crippen LogP contribution in [-0.4, -0.2) is 16.5 Å². The van der Waals surface area contributed by atoms with Crippen LogP contribution in [0, 0.1) is 0 Å². The van der Waals surface area contributed by atoms with E-state index in [0.717, 1.165) is 12.2 Å². The van der Waals surface area contributed by atoms with E-state index in [4.69, 9.17) is 0 Å². The maximum atomic E-state index is 4.29. The van der Waals surface area contributed by atoms with Crippen LogP contribution >= 0.6 is 0 Å². The van der Waals surface area contributed by atoms with Gasteiger partial charge in [0, 0.05) is 24.6 Å². The first-order chi connectivity index (χ1) is 8.34. The van der Waals surface area contributed by atoms with Gasteiger partial charge in [0.2, 0.25) is 0 Å². The van der Waals surface area contributed by atoms with Crippen molar-refractivity contribution in [3.63, 3.8) is 0 Å². The molecule has 0 bridgehead atoms. The summed E-state index contributed by atoms with van der Waals surface area (Å²) in [7, 11) is 0. The Kier molecular flexibility index (Phi) is 7.56. The topological polar surface area (TPSA) is 37.8 Å². The smallest absolute Gasteiger partial charge is 0.0753 e. The van der Waals surface area contributed by atoms with Crippen LogP contribution in [-0.2, 0) is 0 Å². The van der Waals surface area contributed by atoms with E-state index in [0.29, 0.717) is 6.04 Å². The van der Waals surface area contributed by atoms with Gasteiger partial charge in [-0.1, -0.05) is 39.0 Å². The Labute approximate surface area is 105 Å². The second kappa shape index (κ2) is 9.11. The lowest BCUT2D eigenvalue weighted by Crippen LogP contribution is -2.20. The van der Waals surface area contributed by atoms with Crippen LogP contribution in [0.4, 0.5) is 0 Å². The lowest BCUT2D eigenvalue weighted by atomic mass is 10.1. The zero-order valence-electron chi connectivity index (χ0n) is 11.2. The molecule has 1 aromatic rings. The zero-order valence-corrected chi connectivity index (χ0v) is 11.2. The largest absolute Gasteiger partial charge is 0.309 e. The Morgan fingerprint density at radius 1 is 1.12 bits per heavy atom. The molecule has 0 aliphatic rings. The van der Waals surface area contributed by atoms with Crippen molar-refractivity contribution in [1.82, 2.24) is 15.3 Å². The molecule has 1 N–H and O–H groups in total. The van der Waals surface area contributed by atoms with Gasteiger partial charge in [-0.2, -0.15) is 0 Å². The van der Waals surface area contributed by atoms with Crippen molar-refractivity contribution in [3.8, 4) is 0 Å². The van der Waals surface area contributed by atoms with Gasteiger partial charge in [0.1, 0.15) is 0 Å². The molecule has 1 aromatic heterocycles. The molecule has 0 aromatic carbocycles. The van der Waals surface area contributed by atoms with Crippen molar-refractivity contribution in [2.24, 2.45) is 0 Å². The Bertz CT molecular complexity index is 274. The van der Waals surface area contributed by atoms with Gasteiger partial charge >= 0.3 is 0 Å². The third kappa shape index (κ3) is 6.37. The second-order valence-electron chi connectivity index (χ2n) is 4.57. The Morgan fingerprint density at radius 3 is 2.59 bits per heavy atom. The summed E-state index contributed by atoms with van der Waals surface area (Å²) in [4.78, 5) is 8.37. The normalized spacial score (nSPS) is 12.6. The van der Waals surface area contributed by atoms with Crippen molar-refractivity contribution >= 4 is 0 Å². The Morgan fingerprint density at radius 2 is 1.88 bits per heavy atom. The fraction of sp³-hybridized carbons (Fsp3) is 0.714. The molecule has 1 atom stereocenters. The predicted molar refractivity (Wildman–Crippen MR) is 71.8 cm³/mol. The number of hydrogen-bond acceptors (Lipinski definition) is 3. The fourth-order valence-corrected chi connectivity index (χ4v) is 1.86. The third-order valence-corrected chi connectivity index (χ3v) is 3.01. The molecular formula is C14H25N3. The van der Waals surface area contributed by atoms with E-state index in [1.165, 1.54) is 38.5 Å². The number of nitrogens with zero attached hydrogens (tertiary/aromatic N) is 2. The first kappa shape index (κ1) is 14.1. The van der Waals surface area contributed by atoms with E-state index in [2.05, 4.69) is 29.1 Å². The highest BCUT2D eigenvalue weighted by molar-refractivity contribution is 5.00. The van der Waals surface area contributed by atoms with E-state index >= 15 is 0 Å². The van der Waals surface area contributed by atoms with Gasteiger partial charge in [-0.25, -0.2) is 0 Å². The lowest BCUT2D eigenvalue weighted by molar-refractivity contribution is 0.519. The van der Waals surface area contributed by atoms with Crippen LogP contribution < -0.4 is 5.32 Å². The summed E-state index contributed by atoms with van der Waals surface area (Å²) in [6.07, 6.45) is 13.3. The highest BCUT2D eigenvalue weighted by Gasteiger charge is 2.04.